The zero-order valence-electron chi connectivity index (χ0n) is 13.4. The fraction of sp³-hybridized carbons (Fsp3) is 0.222. The van der Waals surface area contributed by atoms with Crippen LogP contribution >= 0.6 is 11.8 Å². The van der Waals surface area contributed by atoms with Gasteiger partial charge in [-0.25, -0.2) is 4.79 Å². The molecule has 26 heavy (non-hydrogen) atoms. The maximum Gasteiger partial charge on any atom is 0.339 e. The fourth-order valence-corrected chi connectivity index (χ4v) is 2.97. The molecule has 2 aromatic carbocycles. The van der Waals surface area contributed by atoms with Crippen molar-refractivity contribution < 1.29 is 32.6 Å². The van der Waals surface area contributed by atoms with Gasteiger partial charge < -0.3 is 14.2 Å². The van der Waals surface area contributed by atoms with Crippen LogP contribution in [0.15, 0.2) is 47.4 Å². The molecular weight excluding hydrogens is 366 g/mol. The molecule has 0 amide bonds. The number of fused-ring (bicyclic) bond motifs is 1. The lowest BCUT2D eigenvalue weighted by molar-refractivity contribution is 0.0471. The molecule has 3 rings (SSSR count). The normalized spacial score (nSPS) is 12.7. The molecule has 0 aliphatic carbocycles. The van der Waals surface area contributed by atoms with Crippen LogP contribution < -0.4 is 9.47 Å². The first-order chi connectivity index (χ1) is 12.5. The fourth-order valence-electron chi connectivity index (χ4n) is 2.34. The molecule has 8 heteroatoms. The number of thioether (sulfide) groups is 1. The number of alkyl halides is 2. The Balaban J connectivity index is 1.65. The summed E-state index contributed by atoms with van der Waals surface area (Å²) in [6, 6.07) is 10.5. The van der Waals surface area contributed by atoms with Gasteiger partial charge in [0.25, 0.3) is 5.76 Å². The smallest absolute Gasteiger partial charge is 0.339 e. The first-order valence-electron chi connectivity index (χ1n) is 7.68. The lowest BCUT2D eigenvalue weighted by atomic mass is 10.1. The SMILES string of the molecule is O=C(COC(=O)c1ccccc1SC(F)F)c1ccc2c(c1)OCCO2. The van der Waals surface area contributed by atoms with Crippen LogP contribution in [0.2, 0.25) is 0 Å². The van der Waals surface area contributed by atoms with Gasteiger partial charge in [0.05, 0.1) is 5.56 Å². The van der Waals surface area contributed by atoms with Gasteiger partial charge in [-0.15, -0.1) is 0 Å². The van der Waals surface area contributed by atoms with Crippen LogP contribution in [0, 0.1) is 0 Å². The molecule has 0 spiro atoms. The second kappa shape index (κ2) is 8.18. The van der Waals surface area contributed by atoms with Crippen molar-refractivity contribution in [1.82, 2.24) is 0 Å². The Morgan fingerprint density at radius 3 is 2.58 bits per heavy atom. The minimum absolute atomic E-state index is 0.00669. The minimum atomic E-state index is -2.66. The second-order valence-corrected chi connectivity index (χ2v) is 6.26. The second-order valence-electron chi connectivity index (χ2n) is 5.23. The molecule has 0 fully saturated rings. The van der Waals surface area contributed by atoms with Crippen molar-refractivity contribution in [2.75, 3.05) is 19.8 Å². The average molecular weight is 380 g/mol. The predicted molar refractivity (Wildman–Crippen MR) is 90.3 cm³/mol. The van der Waals surface area contributed by atoms with Gasteiger partial charge in [-0.3, -0.25) is 4.79 Å². The van der Waals surface area contributed by atoms with Crippen molar-refractivity contribution in [3.63, 3.8) is 0 Å². The van der Waals surface area contributed by atoms with E-state index in [0.717, 1.165) is 0 Å². The summed E-state index contributed by atoms with van der Waals surface area (Å²) in [5, 5.41) is 0. The van der Waals surface area contributed by atoms with Crippen LogP contribution in [0.1, 0.15) is 20.7 Å². The van der Waals surface area contributed by atoms with Crippen molar-refractivity contribution in [2.24, 2.45) is 0 Å². The zero-order chi connectivity index (χ0) is 18.5. The van der Waals surface area contributed by atoms with E-state index in [1.165, 1.54) is 24.3 Å². The van der Waals surface area contributed by atoms with Gasteiger partial charge in [-0.1, -0.05) is 23.9 Å². The van der Waals surface area contributed by atoms with Crippen molar-refractivity contribution in [1.29, 1.82) is 0 Å². The van der Waals surface area contributed by atoms with Crippen LogP contribution in [0.25, 0.3) is 0 Å². The maximum atomic E-state index is 12.6. The number of benzene rings is 2. The van der Waals surface area contributed by atoms with E-state index in [1.54, 1.807) is 18.2 Å². The molecule has 0 bridgehead atoms. The number of hydrogen-bond donors (Lipinski definition) is 0. The molecule has 2 aromatic rings. The third-order valence-electron chi connectivity index (χ3n) is 3.52. The Morgan fingerprint density at radius 2 is 1.81 bits per heavy atom. The number of carbonyl (C=O) groups excluding carboxylic acids is 2. The number of carbonyl (C=O) groups is 2. The molecule has 0 radical (unpaired) electrons. The molecule has 1 aliphatic rings. The summed E-state index contributed by atoms with van der Waals surface area (Å²) >= 11 is 0.250. The largest absolute Gasteiger partial charge is 0.486 e. The molecule has 1 heterocycles. The summed E-state index contributed by atoms with van der Waals surface area (Å²) < 4.78 is 40.9. The predicted octanol–water partition coefficient (Wildman–Crippen LogP) is 3.81. The van der Waals surface area contributed by atoms with E-state index >= 15 is 0 Å². The van der Waals surface area contributed by atoms with Crippen LogP contribution in [0.5, 0.6) is 11.5 Å². The number of Topliss-reactive ketones (excluding diaryl/α,β-unsaturated/α-hetero) is 1. The van der Waals surface area contributed by atoms with E-state index in [4.69, 9.17) is 14.2 Å². The van der Waals surface area contributed by atoms with Crippen molar-refractivity contribution >= 4 is 23.5 Å². The molecule has 0 saturated heterocycles. The molecule has 136 valence electrons. The minimum Gasteiger partial charge on any atom is -0.486 e. The van der Waals surface area contributed by atoms with Crippen molar-refractivity contribution in [3.8, 4) is 11.5 Å². The Bertz CT molecular complexity index is 825. The van der Waals surface area contributed by atoms with Gasteiger partial charge in [-0.2, -0.15) is 8.78 Å². The Labute approximate surface area is 152 Å². The number of rotatable bonds is 6. The first-order valence-corrected chi connectivity index (χ1v) is 8.56. The first kappa shape index (κ1) is 18.2. The maximum absolute atomic E-state index is 12.6. The van der Waals surface area contributed by atoms with E-state index < -0.39 is 24.1 Å². The number of ketones is 1. The monoisotopic (exact) mass is 380 g/mol. The van der Waals surface area contributed by atoms with Crippen LogP contribution in [0.3, 0.4) is 0 Å². The average Bonchev–Trinajstić information content (AvgIpc) is 2.65. The summed E-state index contributed by atoms with van der Waals surface area (Å²) in [5.74, 6) is -2.94. The zero-order valence-corrected chi connectivity index (χ0v) is 14.3. The summed E-state index contributed by atoms with van der Waals surface area (Å²) in [7, 11) is 0. The lowest BCUT2D eigenvalue weighted by Crippen LogP contribution is -2.17. The van der Waals surface area contributed by atoms with E-state index in [-0.39, 0.29) is 22.2 Å². The number of ether oxygens (including phenoxy) is 3. The molecule has 0 N–H and O–H groups in total. The Kier molecular flexibility index (Phi) is 5.72. The number of esters is 1. The van der Waals surface area contributed by atoms with Crippen LogP contribution in [-0.2, 0) is 4.74 Å². The van der Waals surface area contributed by atoms with Crippen LogP contribution in [0.4, 0.5) is 8.78 Å². The van der Waals surface area contributed by atoms with E-state index in [9.17, 15) is 18.4 Å². The standard InChI is InChI=1S/C18H14F2O5S/c19-18(20)26-16-4-2-1-3-12(16)17(22)25-10-13(21)11-5-6-14-15(9-11)24-8-7-23-14/h1-6,9,18H,7-8,10H2. The van der Waals surface area contributed by atoms with Gasteiger partial charge in [0.2, 0.25) is 0 Å². The topological polar surface area (TPSA) is 61.8 Å². The molecule has 0 aromatic heterocycles. The quantitative estimate of drug-likeness (QED) is 0.431. The van der Waals surface area contributed by atoms with E-state index in [1.807, 2.05) is 0 Å². The lowest BCUT2D eigenvalue weighted by Gasteiger charge is -2.18. The molecular formula is C18H14F2O5S. The van der Waals surface area contributed by atoms with E-state index in [2.05, 4.69) is 0 Å². The van der Waals surface area contributed by atoms with Crippen LogP contribution in [-0.4, -0.2) is 37.3 Å². The Hall–Kier alpha value is -2.61. The highest BCUT2D eigenvalue weighted by molar-refractivity contribution is 7.99. The van der Waals surface area contributed by atoms with Gasteiger partial charge in [-0.05, 0) is 30.3 Å². The van der Waals surface area contributed by atoms with Crippen molar-refractivity contribution in [3.05, 3.63) is 53.6 Å². The highest BCUT2D eigenvalue weighted by atomic mass is 32.2. The third-order valence-corrected chi connectivity index (χ3v) is 4.31. The Morgan fingerprint density at radius 1 is 1.08 bits per heavy atom. The third kappa shape index (κ3) is 4.32. The van der Waals surface area contributed by atoms with Gasteiger partial charge in [0, 0.05) is 10.5 Å². The molecule has 0 saturated carbocycles. The highest BCUT2D eigenvalue weighted by Gasteiger charge is 2.19. The summed E-state index contributed by atoms with van der Waals surface area (Å²) in [4.78, 5) is 24.5. The number of hydrogen-bond acceptors (Lipinski definition) is 6. The molecule has 0 unspecified atom stereocenters. The van der Waals surface area contributed by atoms with E-state index in [0.29, 0.717) is 30.3 Å². The molecule has 5 nitrogen and oxygen atoms in total. The van der Waals surface area contributed by atoms with Gasteiger partial charge in [0.1, 0.15) is 13.2 Å². The van der Waals surface area contributed by atoms with Crippen molar-refractivity contribution in [2.45, 2.75) is 10.7 Å². The molecule has 0 atom stereocenters. The molecule has 1 aliphatic heterocycles. The summed E-state index contributed by atoms with van der Waals surface area (Å²) in [5.41, 5.74) is 0.296. The van der Waals surface area contributed by atoms with Gasteiger partial charge in [0.15, 0.2) is 23.9 Å². The summed E-state index contributed by atoms with van der Waals surface area (Å²) in [6.45, 7) is 0.318. The summed E-state index contributed by atoms with van der Waals surface area (Å²) in [6.07, 6.45) is 0. The van der Waals surface area contributed by atoms with Gasteiger partial charge >= 0.3 is 5.97 Å². The number of halogens is 2. The highest BCUT2D eigenvalue weighted by Crippen LogP contribution is 2.31.